The number of benzene rings is 1. The molecule has 2 aromatic rings. The van der Waals surface area contributed by atoms with Crippen LogP contribution in [0.3, 0.4) is 0 Å². The Morgan fingerprint density at radius 2 is 1.56 bits per heavy atom. The summed E-state index contributed by atoms with van der Waals surface area (Å²) in [5.41, 5.74) is 1.25. The van der Waals surface area contributed by atoms with Gasteiger partial charge in [-0.3, -0.25) is 14.5 Å². The number of furan rings is 1. The molecule has 2 N–H and O–H groups in total. The first kappa shape index (κ1) is 27.7. The molecule has 9 nitrogen and oxygen atoms in total. The third-order valence-electron chi connectivity index (χ3n) is 5.74. The van der Waals surface area contributed by atoms with Crippen LogP contribution in [0.1, 0.15) is 33.8 Å². The Kier molecular flexibility index (Phi) is 9.51. The molecule has 0 unspecified atom stereocenters. The van der Waals surface area contributed by atoms with Gasteiger partial charge >= 0.3 is 12.1 Å². The van der Waals surface area contributed by atoms with Gasteiger partial charge in [0.25, 0.3) is 11.8 Å². The van der Waals surface area contributed by atoms with E-state index in [9.17, 15) is 22.8 Å². The number of ether oxygens (including phenoxy) is 1. The first-order valence-electron chi connectivity index (χ1n) is 11.1. The van der Waals surface area contributed by atoms with Gasteiger partial charge in [-0.05, 0) is 65.2 Å². The van der Waals surface area contributed by atoms with Crippen molar-refractivity contribution < 1.29 is 41.8 Å². The van der Waals surface area contributed by atoms with E-state index in [0.29, 0.717) is 22.0 Å². The van der Waals surface area contributed by atoms with Gasteiger partial charge in [-0.25, -0.2) is 4.79 Å². The molecule has 0 bridgehead atoms. The number of carboxylic acid groups (broad SMARTS) is 1. The van der Waals surface area contributed by atoms with Crippen molar-refractivity contribution in [2.75, 3.05) is 44.7 Å². The summed E-state index contributed by atoms with van der Waals surface area (Å²) in [6, 6.07) is 10.8. The van der Waals surface area contributed by atoms with Gasteiger partial charge in [0.1, 0.15) is 0 Å². The number of carbonyl (C=O) groups excluding carboxylic acids is 2. The number of aliphatic carboxylic acids is 1. The normalized spacial score (nSPS) is 17.2. The van der Waals surface area contributed by atoms with Crippen molar-refractivity contribution in [1.82, 2.24) is 9.80 Å². The van der Waals surface area contributed by atoms with E-state index in [1.165, 1.54) is 0 Å². The summed E-state index contributed by atoms with van der Waals surface area (Å²) in [7, 11) is 0. The minimum Gasteiger partial charge on any atom is -0.475 e. The van der Waals surface area contributed by atoms with Gasteiger partial charge in [0.2, 0.25) is 0 Å². The minimum absolute atomic E-state index is 0.0401. The highest BCUT2D eigenvalue weighted by Crippen LogP contribution is 2.21. The minimum atomic E-state index is -5.08. The van der Waals surface area contributed by atoms with E-state index in [2.05, 4.69) is 26.1 Å². The van der Waals surface area contributed by atoms with Gasteiger partial charge in [-0.15, -0.1) is 0 Å². The first-order valence-corrected chi connectivity index (χ1v) is 11.9. The molecule has 2 fully saturated rings. The highest BCUT2D eigenvalue weighted by atomic mass is 79.9. The fraction of sp³-hybridized carbons (Fsp3) is 0.435. The number of hydrogen-bond acceptors (Lipinski definition) is 6. The molecule has 2 aliphatic rings. The smallest absolute Gasteiger partial charge is 0.475 e. The van der Waals surface area contributed by atoms with E-state index >= 15 is 0 Å². The second kappa shape index (κ2) is 12.4. The van der Waals surface area contributed by atoms with Gasteiger partial charge in [0, 0.05) is 43.5 Å². The number of hydrogen-bond donors (Lipinski definition) is 2. The molecule has 3 heterocycles. The van der Waals surface area contributed by atoms with Crippen LogP contribution in [-0.2, 0) is 9.53 Å². The predicted octanol–water partition coefficient (Wildman–Crippen LogP) is 3.86. The van der Waals surface area contributed by atoms with Crippen molar-refractivity contribution in [3.63, 3.8) is 0 Å². The Balaban J connectivity index is 0.000000454. The topological polar surface area (TPSA) is 112 Å². The fourth-order valence-electron chi connectivity index (χ4n) is 3.88. The number of rotatable bonds is 4. The zero-order valence-corrected chi connectivity index (χ0v) is 20.7. The number of anilines is 1. The summed E-state index contributed by atoms with van der Waals surface area (Å²) in [6.45, 7) is 5.12. The third-order valence-corrected chi connectivity index (χ3v) is 6.17. The number of carboxylic acids is 1. The number of halogens is 4. The molecule has 4 rings (SSSR count). The summed E-state index contributed by atoms with van der Waals surface area (Å²) < 4.78 is 42.9. The van der Waals surface area contributed by atoms with Crippen LogP contribution in [0.2, 0.25) is 0 Å². The van der Waals surface area contributed by atoms with Crippen molar-refractivity contribution in [3.8, 4) is 0 Å². The lowest BCUT2D eigenvalue weighted by Crippen LogP contribution is -2.50. The third kappa shape index (κ3) is 7.80. The lowest BCUT2D eigenvalue weighted by Gasteiger charge is -2.40. The van der Waals surface area contributed by atoms with Crippen LogP contribution in [0.4, 0.5) is 18.9 Å². The molecule has 1 aromatic heterocycles. The average Bonchev–Trinajstić information content (AvgIpc) is 3.31. The number of nitrogens with one attached hydrogen (secondary N) is 1. The van der Waals surface area contributed by atoms with Crippen LogP contribution in [0.25, 0.3) is 0 Å². The van der Waals surface area contributed by atoms with Crippen molar-refractivity contribution >= 4 is 39.4 Å². The fourth-order valence-corrected chi connectivity index (χ4v) is 4.19. The molecule has 13 heteroatoms. The molecule has 2 saturated heterocycles. The lowest BCUT2D eigenvalue weighted by molar-refractivity contribution is -0.192. The number of alkyl halides is 3. The van der Waals surface area contributed by atoms with Crippen LogP contribution in [0.15, 0.2) is 45.5 Å². The Bertz CT molecular complexity index is 1050. The van der Waals surface area contributed by atoms with Gasteiger partial charge in [0.05, 0.1) is 13.2 Å². The molecule has 36 heavy (non-hydrogen) atoms. The van der Waals surface area contributed by atoms with Gasteiger partial charge in [-0.1, -0.05) is 0 Å². The maximum atomic E-state index is 12.8. The van der Waals surface area contributed by atoms with E-state index in [-0.39, 0.29) is 17.6 Å². The van der Waals surface area contributed by atoms with Crippen LogP contribution < -0.4 is 5.32 Å². The van der Waals surface area contributed by atoms with Gasteiger partial charge in [-0.2, -0.15) is 13.2 Å². The summed E-state index contributed by atoms with van der Waals surface area (Å²) in [5.74, 6) is -2.83. The van der Waals surface area contributed by atoms with E-state index in [1.54, 1.807) is 36.4 Å². The van der Waals surface area contributed by atoms with Crippen LogP contribution in [0.5, 0.6) is 0 Å². The molecule has 0 saturated carbocycles. The summed E-state index contributed by atoms with van der Waals surface area (Å²) in [6.07, 6.45) is -3.09. The summed E-state index contributed by atoms with van der Waals surface area (Å²) in [4.78, 5) is 38.3. The Hall–Kier alpha value is -2.90. The maximum absolute atomic E-state index is 12.8. The lowest BCUT2D eigenvalue weighted by atomic mass is 10.0. The molecule has 1 aromatic carbocycles. The number of carbonyl (C=O) groups is 3. The zero-order valence-electron chi connectivity index (χ0n) is 19.1. The average molecular weight is 576 g/mol. The van der Waals surface area contributed by atoms with E-state index in [4.69, 9.17) is 19.1 Å². The highest BCUT2D eigenvalue weighted by Gasteiger charge is 2.38. The number of morpholine rings is 1. The quantitative estimate of drug-likeness (QED) is 0.569. The Labute approximate surface area is 213 Å². The maximum Gasteiger partial charge on any atom is 0.490 e. The standard InChI is InChI=1S/C21H24BrN3O4.C2HF3O2/c22-19-6-5-18(29-19)20(26)23-16-3-1-15(2-4-16)21(27)25-9-7-17(8-10-25)24-11-13-28-14-12-24;3-2(4,5)1(6)7/h1-6,17H,7-14H2,(H,23,26);(H,6,7). The van der Waals surface area contributed by atoms with Crippen molar-refractivity contribution in [1.29, 1.82) is 0 Å². The van der Waals surface area contributed by atoms with Crippen LogP contribution in [-0.4, -0.2) is 84.3 Å². The molecule has 0 atom stereocenters. The first-order chi connectivity index (χ1) is 17.0. The molecule has 0 spiro atoms. The van der Waals surface area contributed by atoms with E-state index in [1.807, 2.05) is 4.90 Å². The summed E-state index contributed by atoms with van der Waals surface area (Å²) >= 11 is 3.18. The summed E-state index contributed by atoms with van der Waals surface area (Å²) in [5, 5.41) is 9.89. The van der Waals surface area contributed by atoms with Gasteiger partial charge in [0.15, 0.2) is 10.4 Å². The second-order valence-electron chi connectivity index (χ2n) is 8.11. The second-order valence-corrected chi connectivity index (χ2v) is 8.89. The molecule has 0 aliphatic carbocycles. The van der Waals surface area contributed by atoms with E-state index < -0.39 is 12.1 Å². The molecule has 0 radical (unpaired) electrons. The van der Waals surface area contributed by atoms with Crippen LogP contribution in [0, 0.1) is 0 Å². The molecular weight excluding hydrogens is 551 g/mol. The van der Waals surface area contributed by atoms with Crippen molar-refractivity contribution in [2.45, 2.75) is 25.1 Å². The Morgan fingerprint density at radius 3 is 2.06 bits per heavy atom. The van der Waals surface area contributed by atoms with Crippen LogP contribution >= 0.6 is 15.9 Å². The SMILES string of the molecule is O=C(Nc1ccc(C(=O)N2CCC(N3CCOCC3)CC2)cc1)c1ccc(Br)o1.O=C(O)C(F)(F)F. The highest BCUT2D eigenvalue weighted by molar-refractivity contribution is 9.10. The predicted molar refractivity (Wildman–Crippen MR) is 126 cm³/mol. The number of nitrogens with zero attached hydrogens (tertiary/aromatic N) is 2. The zero-order chi connectivity index (χ0) is 26.3. The van der Waals surface area contributed by atoms with Crippen molar-refractivity contribution in [3.05, 3.63) is 52.4 Å². The molecule has 2 amide bonds. The molecule has 2 aliphatic heterocycles. The number of likely N-dealkylation sites (tertiary alicyclic amines) is 1. The number of piperidine rings is 1. The largest absolute Gasteiger partial charge is 0.490 e. The van der Waals surface area contributed by atoms with E-state index in [0.717, 1.165) is 52.2 Å². The van der Waals surface area contributed by atoms with Crippen molar-refractivity contribution in [2.24, 2.45) is 0 Å². The number of amides is 2. The van der Waals surface area contributed by atoms with Gasteiger partial charge < -0.3 is 24.5 Å². The monoisotopic (exact) mass is 575 g/mol. The Morgan fingerprint density at radius 1 is 0.972 bits per heavy atom. The molecule has 196 valence electrons. The molecular formula is C23H25BrF3N3O6.